The number of hydrogen-bond acceptors (Lipinski definition) is 4. The van der Waals surface area contributed by atoms with Crippen LogP contribution in [0.4, 0.5) is 0 Å². The molecule has 6 heteroatoms. The fourth-order valence-corrected chi connectivity index (χ4v) is 2.49. The van der Waals surface area contributed by atoms with Crippen molar-refractivity contribution in [2.75, 3.05) is 0 Å². The van der Waals surface area contributed by atoms with Crippen LogP contribution in [0.2, 0.25) is 0 Å². The van der Waals surface area contributed by atoms with Crippen LogP contribution in [0.3, 0.4) is 0 Å². The van der Waals surface area contributed by atoms with E-state index in [1.165, 1.54) is 0 Å². The summed E-state index contributed by atoms with van der Waals surface area (Å²) in [7, 11) is 0. The van der Waals surface area contributed by atoms with Gasteiger partial charge in [0.15, 0.2) is 0 Å². The molecular formula is C18H18N4O2. The lowest BCUT2D eigenvalue weighted by Crippen LogP contribution is -2.28. The van der Waals surface area contributed by atoms with Crippen molar-refractivity contribution < 1.29 is 9.90 Å². The highest BCUT2D eigenvalue weighted by atomic mass is 16.3. The maximum Gasteiger partial charge on any atom is 0.224 e. The number of nitrogens with one attached hydrogen (secondary N) is 1. The van der Waals surface area contributed by atoms with E-state index >= 15 is 0 Å². The lowest BCUT2D eigenvalue weighted by Gasteiger charge is -2.15. The van der Waals surface area contributed by atoms with Gasteiger partial charge < -0.3 is 10.4 Å². The molecule has 1 atom stereocenters. The van der Waals surface area contributed by atoms with Gasteiger partial charge >= 0.3 is 0 Å². The Hall–Kier alpha value is -3.15. The Morgan fingerprint density at radius 1 is 1.25 bits per heavy atom. The predicted molar refractivity (Wildman–Crippen MR) is 89.7 cm³/mol. The second-order valence-electron chi connectivity index (χ2n) is 5.58. The van der Waals surface area contributed by atoms with Crippen LogP contribution in [0.5, 0.6) is 5.75 Å². The van der Waals surface area contributed by atoms with E-state index in [4.69, 9.17) is 0 Å². The molecule has 0 aliphatic rings. The Morgan fingerprint density at radius 2 is 2.04 bits per heavy atom. The molecule has 2 N–H and O–H groups in total. The summed E-state index contributed by atoms with van der Waals surface area (Å²) in [6.45, 7) is 1.94. The summed E-state index contributed by atoms with van der Waals surface area (Å²) in [5.74, 6) is 0.0745. The number of phenolic OH excluding ortho intramolecular Hbond substituents is 1. The normalized spacial score (nSPS) is 11.9. The molecule has 6 nitrogen and oxygen atoms in total. The van der Waals surface area contributed by atoms with E-state index in [-0.39, 0.29) is 24.1 Å². The van der Waals surface area contributed by atoms with Gasteiger partial charge in [-0.1, -0.05) is 29.5 Å². The largest absolute Gasteiger partial charge is 0.508 e. The van der Waals surface area contributed by atoms with Gasteiger partial charge in [-0.25, -0.2) is 4.68 Å². The SMILES string of the molecule is C[C@H](NC(=O)Cc1cccc(O)c1)c1ccc(-n2ccnn2)cc1. The molecule has 0 bridgehead atoms. The highest BCUT2D eigenvalue weighted by Gasteiger charge is 2.11. The fraction of sp³-hybridized carbons (Fsp3) is 0.167. The van der Waals surface area contributed by atoms with Crippen molar-refractivity contribution in [2.24, 2.45) is 0 Å². The quantitative estimate of drug-likeness (QED) is 0.756. The Morgan fingerprint density at radius 3 is 2.71 bits per heavy atom. The summed E-state index contributed by atoms with van der Waals surface area (Å²) in [5.41, 5.74) is 2.69. The number of nitrogens with zero attached hydrogens (tertiary/aromatic N) is 3. The van der Waals surface area contributed by atoms with Gasteiger partial charge in [-0.3, -0.25) is 4.79 Å². The summed E-state index contributed by atoms with van der Waals surface area (Å²) in [5, 5.41) is 20.1. The van der Waals surface area contributed by atoms with Crippen molar-refractivity contribution in [3.63, 3.8) is 0 Å². The molecule has 24 heavy (non-hydrogen) atoms. The number of amides is 1. The van der Waals surface area contributed by atoms with Crippen molar-refractivity contribution in [1.82, 2.24) is 20.3 Å². The molecule has 0 saturated heterocycles. The number of carbonyl (C=O) groups excluding carboxylic acids is 1. The molecule has 0 spiro atoms. The van der Waals surface area contributed by atoms with Crippen molar-refractivity contribution in [1.29, 1.82) is 0 Å². The standard InChI is InChI=1S/C18H18N4O2/c1-13(20-18(24)12-14-3-2-4-17(23)11-14)15-5-7-16(8-6-15)22-10-9-19-21-22/h2-11,13,23H,12H2,1H3,(H,20,24)/t13-/m0/s1. The van der Waals surface area contributed by atoms with E-state index in [0.717, 1.165) is 16.8 Å². The molecule has 0 unspecified atom stereocenters. The van der Waals surface area contributed by atoms with E-state index in [1.54, 1.807) is 35.3 Å². The van der Waals surface area contributed by atoms with Crippen molar-refractivity contribution >= 4 is 5.91 Å². The number of hydrogen-bond donors (Lipinski definition) is 2. The molecule has 3 aromatic rings. The number of aromatic nitrogens is 3. The maximum absolute atomic E-state index is 12.1. The molecule has 0 saturated carbocycles. The zero-order valence-corrected chi connectivity index (χ0v) is 13.3. The first-order chi connectivity index (χ1) is 11.6. The van der Waals surface area contributed by atoms with Crippen LogP contribution in [0.15, 0.2) is 60.9 Å². The van der Waals surface area contributed by atoms with E-state index in [1.807, 2.05) is 37.3 Å². The van der Waals surface area contributed by atoms with Gasteiger partial charge in [0.25, 0.3) is 0 Å². The van der Waals surface area contributed by atoms with E-state index < -0.39 is 0 Å². The first-order valence-corrected chi connectivity index (χ1v) is 7.66. The number of carbonyl (C=O) groups is 1. The van der Waals surface area contributed by atoms with Gasteiger partial charge in [0.2, 0.25) is 5.91 Å². The van der Waals surface area contributed by atoms with Gasteiger partial charge in [0.05, 0.1) is 30.5 Å². The molecule has 1 aromatic heterocycles. The van der Waals surface area contributed by atoms with E-state index in [9.17, 15) is 9.90 Å². The number of rotatable bonds is 5. The molecule has 0 radical (unpaired) electrons. The minimum Gasteiger partial charge on any atom is -0.508 e. The van der Waals surface area contributed by atoms with Crippen molar-refractivity contribution in [3.05, 3.63) is 72.1 Å². The van der Waals surface area contributed by atoms with Crippen LogP contribution in [-0.2, 0) is 11.2 Å². The van der Waals surface area contributed by atoms with Crippen LogP contribution in [0.25, 0.3) is 5.69 Å². The van der Waals surface area contributed by atoms with Gasteiger partial charge in [0, 0.05) is 0 Å². The third-order valence-corrected chi connectivity index (χ3v) is 3.73. The second kappa shape index (κ2) is 6.95. The highest BCUT2D eigenvalue weighted by molar-refractivity contribution is 5.79. The Kier molecular flexibility index (Phi) is 4.56. The maximum atomic E-state index is 12.1. The van der Waals surface area contributed by atoms with Crippen LogP contribution in [0, 0.1) is 0 Å². The highest BCUT2D eigenvalue weighted by Crippen LogP contribution is 2.16. The van der Waals surface area contributed by atoms with Gasteiger partial charge in [-0.15, -0.1) is 5.10 Å². The van der Waals surface area contributed by atoms with E-state index in [2.05, 4.69) is 15.6 Å². The zero-order valence-electron chi connectivity index (χ0n) is 13.3. The third-order valence-electron chi connectivity index (χ3n) is 3.73. The molecule has 1 heterocycles. The summed E-state index contributed by atoms with van der Waals surface area (Å²) in [6, 6.07) is 14.4. The number of phenols is 1. The van der Waals surface area contributed by atoms with E-state index in [0.29, 0.717) is 0 Å². The fourth-order valence-electron chi connectivity index (χ4n) is 2.49. The van der Waals surface area contributed by atoms with Gasteiger partial charge in [-0.2, -0.15) is 0 Å². The summed E-state index contributed by atoms with van der Waals surface area (Å²) >= 11 is 0. The number of benzene rings is 2. The zero-order chi connectivity index (χ0) is 16.9. The summed E-state index contributed by atoms with van der Waals surface area (Å²) < 4.78 is 1.68. The van der Waals surface area contributed by atoms with Crippen LogP contribution >= 0.6 is 0 Å². The molecule has 0 aliphatic carbocycles. The van der Waals surface area contributed by atoms with Crippen LogP contribution in [0.1, 0.15) is 24.1 Å². The van der Waals surface area contributed by atoms with Crippen molar-refractivity contribution in [3.8, 4) is 11.4 Å². The molecule has 122 valence electrons. The molecule has 0 fully saturated rings. The first-order valence-electron chi connectivity index (χ1n) is 7.66. The summed E-state index contributed by atoms with van der Waals surface area (Å²) in [6.07, 6.45) is 3.63. The minimum atomic E-state index is -0.111. The van der Waals surface area contributed by atoms with Gasteiger partial charge in [-0.05, 0) is 42.3 Å². The average molecular weight is 322 g/mol. The second-order valence-corrected chi connectivity index (χ2v) is 5.58. The molecule has 0 aliphatic heterocycles. The molecule has 2 aromatic carbocycles. The smallest absolute Gasteiger partial charge is 0.224 e. The van der Waals surface area contributed by atoms with Gasteiger partial charge in [0.1, 0.15) is 5.75 Å². The summed E-state index contributed by atoms with van der Waals surface area (Å²) in [4.78, 5) is 12.1. The predicted octanol–water partition coefficient (Wildman–Crippen LogP) is 2.39. The van der Waals surface area contributed by atoms with Crippen molar-refractivity contribution in [2.45, 2.75) is 19.4 Å². The number of aromatic hydroxyl groups is 1. The molecule has 1 amide bonds. The molecular weight excluding hydrogens is 304 g/mol. The van der Waals surface area contributed by atoms with Crippen LogP contribution in [-0.4, -0.2) is 26.0 Å². The average Bonchev–Trinajstić information content (AvgIpc) is 3.09. The third kappa shape index (κ3) is 3.78. The monoisotopic (exact) mass is 322 g/mol. The Labute approximate surface area is 139 Å². The molecule has 3 rings (SSSR count). The Bertz CT molecular complexity index is 813. The lowest BCUT2D eigenvalue weighted by atomic mass is 10.1. The minimum absolute atomic E-state index is 0.0894. The Balaban J connectivity index is 1.62. The lowest BCUT2D eigenvalue weighted by molar-refractivity contribution is -0.121. The first kappa shape index (κ1) is 15.7. The topological polar surface area (TPSA) is 80.0 Å². The van der Waals surface area contributed by atoms with Crippen LogP contribution < -0.4 is 5.32 Å².